The van der Waals surface area contributed by atoms with Crippen LogP contribution in [0.2, 0.25) is 0 Å². The third kappa shape index (κ3) is 5.18. The van der Waals surface area contributed by atoms with Gasteiger partial charge in [-0.2, -0.15) is 4.68 Å². The van der Waals surface area contributed by atoms with Crippen LogP contribution < -0.4 is 5.32 Å². The van der Waals surface area contributed by atoms with Crippen LogP contribution in [0.15, 0.2) is 29.4 Å². The quantitative estimate of drug-likeness (QED) is 0.654. The molecule has 1 aromatic heterocycles. The highest BCUT2D eigenvalue weighted by atomic mass is 32.2. The van der Waals surface area contributed by atoms with E-state index in [0.29, 0.717) is 23.9 Å². The van der Waals surface area contributed by atoms with Gasteiger partial charge in [-0.05, 0) is 48.5 Å². The Morgan fingerprint density at radius 2 is 2.00 bits per heavy atom. The zero-order chi connectivity index (χ0) is 18.2. The number of likely N-dealkylation sites (N-methyl/N-ethyl adjacent to an activating group) is 2. The molecule has 0 spiro atoms. The number of thioether (sulfide) groups is 1. The van der Waals surface area contributed by atoms with Crippen LogP contribution in [-0.2, 0) is 9.59 Å². The van der Waals surface area contributed by atoms with E-state index in [0.717, 1.165) is 0 Å². The van der Waals surface area contributed by atoms with Crippen LogP contribution in [0.3, 0.4) is 0 Å². The molecule has 1 aromatic carbocycles. The number of nitrogens with zero attached hydrogens (tertiary/aromatic N) is 5. The summed E-state index contributed by atoms with van der Waals surface area (Å²) in [5.74, 6) is -0.0908. The topological polar surface area (TPSA) is 113 Å². The van der Waals surface area contributed by atoms with Crippen molar-refractivity contribution in [2.45, 2.75) is 19.0 Å². The number of amides is 2. The number of benzene rings is 1. The molecule has 0 fully saturated rings. The van der Waals surface area contributed by atoms with Gasteiger partial charge in [-0.1, -0.05) is 11.8 Å². The first-order valence-corrected chi connectivity index (χ1v) is 8.78. The fourth-order valence-corrected chi connectivity index (χ4v) is 2.84. The Morgan fingerprint density at radius 3 is 2.64 bits per heavy atom. The molecule has 0 aliphatic rings. The van der Waals surface area contributed by atoms with E-state index in [9.17, 15) is 14.7 Å². The van der Waals surface area contributed by atoms with Crippen molar-refractivity contribution in [1.29, 1.82) is 0 Å². The molecule has 0 saturated heterocycles. The van der Waals surface area contributed by atoms with Gasteiger partial charge >= 0.3 is 0 Å². The Hall–Kier alpha value is -2.62. The zero-order valence-corrected chi connectivity index (χ0v) is 14.9. The fourth-order valence-electron chi connectivity index (χ4n) is 2.05. The number of hydrogen-bond acceptors (Lipinski definition) is 7. The van der Waals surface area contributed by atoms with Gasteiger partial charge in [0.05, 0.1) is 18.0 Å². The minimum Gasteiger partial charge on any atom is -0.508 e. The van der Waals surface area contributed by atoms with Crippen molar-refractivity contribution >= 4 is 23.6 Å². The molecule has 0 aliphatic carbocycles. The lowest BCUT2D eigenvalue weighted by atomic mass is 10.3. The van der Waals surface area contributed by atoms with Crippen LogP contribution >= 0.6 is 11.8 Å². The number of tetrazole rings is 1. The third-order valence-electron chi connectivity index (χ3n) is 3.30. The van der Waals surface area contributed by atoms with Crippen molar-refractivity contribution in [2.75, 3.05) is 25.4 Å². The van der Waals surface area contributed by atoms with Gasteiger partial charge in [0.1, 0.15) is 5.75 Å². The molecule has 10 heteroatoms. The molecule has 0 radical (unpaired) electrons. The maximum Gasteiger partial charge on any atom is 0.239 e. The molecule has 0 bridgehead atoms. The number of phenolic OH excluding ortho intramolecular Hbond substituents is 1. The van der Waals surface area contributed by atoms with E-state index >= 15 is 0 Å². The summed E-state index contributed by atoms with van der Waals surface area (Å²) in [6.07, 6.45) is 0. The molecule has 1 heterocycles. The van der Waals surface area contributed by atoms with Crippen molar-refractivity contribution in [3.63, 3.8) is 0 Å². The molecular formula is C15H20N6O3S. The van der Waals surface area contributed by atoms with Gasteiger partial charge in [0.15, 0.2) is 0 Å². The molecule has 0 aliphatic heterocycles. The average molecular weight is 364 g/mol. The van der Waals surface area contributed by atoms with E-state index in [1.165, 1.54) is 33.5 Å². The summed E-state index contributed by atoms with van der Waals surface area (Å²) in [6, 6.07) is 6.40. The van der Waals surface area contributed by atoms with Crippen LogP contribution in [-0.4, -0.2) is 67.4 Å². The Balaban J connectivity index is 1.99. The Bertz CT molecular complexity index is 718. The second-order valence-corrected chi connectivity index (χ2v) is 5.98. The van der Waals surface area contributed by atoms with Gasteiger partial charge in [0.2, 0.25) is 17.0 Å². The molecule has 9 nitrogen and oxygen atoms in total. The largest absolute Gasteiger partial charge is 0.508 e. The maximum atomic E-state index is 12.3. The first-order chi connectivity index (χ1) is 12.0. The molecule has 25 heavy (non-hydrogen) atoms. The molecule has 2 aromatic rings. The van der Waals surface area contributed by atoms with Gasteiger partial charge in [-0.25, -0.2) is 0 Å². The van der Waals surface area contributed by atoms with E-state index in [-0.39, 0.29) is 29.9 Å². The fraction of sp³-hybridized carbons (Fsp3) is 0.400. The standard InChI is InChI=1S/C15H20N6O3S/c1-3-16-13(23)9-20(4-2)14(24)10-25-15-17-18-19-21(15)11-5-7-12(22)8-6-11/h5-8,22H,3-4,9-10H2,1-2H3,(H,16,23). The summed E-state index contributed by atoms with van der Waals surface area (Å²) < 4.78 is 1.48. The zero-order valence-electron chi connectivity index (χ0n) is 14.0. The molecule has 134 valence electrons. The maximum absolute atomic E-state index is 12.3. The Morgan fingerprint density at radius 1 is 1.28 bits per heavy atom. The van der Waals surface area contributed by atoms with Gasteiger partial charge in [0, 0.05) is 13.1 Å². The van der Waals surface area contributed by atoms with Crippen LogP contribution in [0.1, 0.15) is 13.8 Å². The summed E-state index contributed by atoms with van der Waals surface area (Å²) in [7, 11) is 0. The highest BCUT2D eigenvalue weighted by molar-refractivity contribution is 7.99. The summed E-state index contributed by atoms with van der Waals surface area (Å²) in [6.45, 7) is 4.66. The first kappa shape index (κ1) is 18.7. The molecule has 2 amide bonds. The van der Waals surface area contributed by atoms with E-state index in [2.05, 4.69) is 20.8 Å². The molecule has 0 unspecified atom stereocenters. The molecule has 2 N–H and O–H groups in total. The number of rotatable bonds is 8. The number of hydrogen-bond donors (Lipinski definition) is 2. The number of aromatic nitrogens is 4. The van der Waals surface area contributed by atoms with Crippen molar-refractivity contribution in [2.24, 2.45) is 0 Å². The van der Waals surface area contributed by atoms with Gasteiger partial charge < -0.3 is 15.3 Å². The summed E-state index contributed by atoms with van der Waals surface area (Å²) in [4.78, 5) is 25.4. The lowest BCUT2D eigenvalue weighted by Gasteiger charge is -2.19. The van der Waals surface area contributed by atoms with Gasteiger partial charge in [-0.3, -0.25) is 9.59 Å². The van der Waals surface area contributed by atoms with E-state index in [1.54, 1.807) is 12.1 Å². The summed E-state index contributed by atoms with van der Waals surface area (Å²) >= 11 is 1.19. The van der Waals surface area contributed by atoms with Gasteiger partial charge in [0.25, 0.3) is 0 Å². The van der Waals surface area contributed by atoms with Gasteiger partial charge in [-0.15, -0.1) is 5.10 Å². The number of phenols is 1. The van der Waals surface area contributed by atoms with E-state index < -0.39 is 0 Å². The second kappa shape index (κ2) is 9.02. The normalized spacial score (nSPS) is 10.5. The predicted octanol–water partition coefficient (Wildman–Crippen LogP) is 0.445. The minimum atomic E-state index is -0.184. The monoisotopic (exact) mass is 364 g/mol. The lowest BCUT2D eigenvalue weighted by Crippen LogP contribution is -2.41. The summed E-state index contributed by atoms with van der Waals surface area (Å²) in [5.41, 5.74) is 0.674. The van der Waals surface area contributed by atoms with Crippen LogP contribution in [0.4, 0.5) is 0 Å². The highest BCUT2D eigenvalue weighted by Gasteiger charge is 2.17. The minimum absolute atomic E-state index is 0.0344. The second-order valence-electron chi connectivity index (χ2n) is 5.04. The van der Waals surface area contributed by atoms with Crippen molar-refractivity contribution in [3.05, 3.63) is 24.3 Å². The van der Waals surface area contributed by atoms with Crippen LogP contribution in [0, 0.1) is 0 Å². The Labute approximate surface area is 149 Å². The lowest BCUT2D eigenvalue weighted by molar-refractivity contribution is -0.133. The smallest absolute Gasteiger partial charge is 0.239 e. The average Bonchev–Trinajstić information content (AvgIpc) is 3.07. The first-order valence-electron chi connectivity index (χ1n) is 7.80. The number of aromatic hydroxyl groups is 1. The van der Waals surface area contributed by atoms with Crippen LogP contribution in [0.25, 0.3) is 5.69 Å². The van der Waals surface area contributed by atoms with Crippen molar-refractivity contribution in [1.82, 2.24) is 30.4 Å². The number of nitrogens with one attached hydrogen (secondary N) is 1. The molecular weight excluding hydrogens is 344 g/mol. The molecule has 0 saturated carbocycles. The van der Waals surface area contributed by atoms with E-state index in [1.807, 2.05) is 13.8 Å². The highest BCUT2D eigenvalue weighted by Crippen LogP contribution is 2.20. The number of carbonyl (C=O) groups excluding carboxylic acids is 2. The SMILES string of the molecule is CCNC(=O)CN(CC)C(=O)CSc1nnnn1-c1ccc(O)cc1. The molecule has 0 atom stereocenters. The molecule has 2 rings (SSSR count). The van der Waals surface area contributed by atoms with Crippen molar-refractivity contribution < 1.29 is 14.7 Å². The van der Waals surface area contributed by atoms with Crippen molar-refractivity contribution in [3.8, 4) is 11.4 Å². The number of carbonyl (C=O) groups is 2. The van der Waals surface area contributed by atoms with Crippen LogP contribution in [0.5, 0.6) is 5.75 Å². The van der Waals surface area contributed by atoms with E-state index in [4.69, 9.17) is 0 Å². The Kier molecular flexibility index (Phi) is 6.75. The third-order valence-corrected chi connectivity index (χ3v) is 4.21. The predicted molar refractivity (Wildman–Crippen MR) is 92.5 cm³/mol. The summed E-state index contributed by atoms with van der Waals surface area (Å²) in [5, 5.41) is 23.9.